The molecular weight excluding hydrogens is 207 g/mol. The first-order valence-electron chi connectivity index (χ1n) is 5.39. The molecule has 0 unspecified atom stereocenters. The third-order valence-corrected chi connectivity index (χ3v) is 2.49. The van der Waals surface area contributed by atoms with Crippen molar-refractivity contribution in [2.75, 3.05) is 39.2 Å². The second kappa shape index (κ2) is 6.33. The molecule has 0 aliphatic rings. The summed E-state index contributed by atoms with van der Waals surface area (Å²) in [4.78, 5) is 1.90. The van der Waals surface area contributed by atoms with Gasteiger partial charge in [-0.2, -0.15) is 0 Å². The summed E-state index contributed by atoms with van der Waals surface area (Å²) in [6.45, 7) is 1.74. The van der Waals surface area contributed by atoms with Crippen molar-refractivity contribution in [3.05, 3.63) is 24.0 Å². The predicted octanol–water partition coefficient (Wildman–Crippen LogP) is 1.88. The molecule has 0 aromatic heterocycles. The van der Waals surface area contributed by atoms with E-state index in [4.69, 9.17) is 4.74 Å². The Hall–Kier alpha value is -1.29. The van der Waals surface area contributed by atoms with Crippen molar-refractivity contribution < 1.29 is 9.13 Å². The standard InChI is InChI=1S/C12H19FN2O/c1-14-8-5-9-15(2)10-6-4-7-11(16-3)12(10)13/h4,6-7,14H,5,8-9H2,1-3H3. The first kappa shape index (κ1) is 12.8. The maximum atomic E-state index is 13.9. The smallest absolute Gasteiger partial charge is 0.188 e. The second-order valence-corrected chi connectivity index (χ2v) is 3.67. The van der Waals surface area contributed by atoms with Gasteiger partial charge in [-0.05, 0) is 32.1 Å². The minimum atomic E-state index is -0.294. The molecule has 0 aliphatic carbocycles. The van der Waals surface area contributed by atoms with Gasteiger partial charge >= 0.3 is 0 Å². The van der Waals surface area contributed by atoms with E-state index in [0.29, 0.717) is 5.69 Å². The fraction of sp³-hybridized carbons (Fsp3) is 0.500. The molecule has 90 valence electrons. The van der Waals surface area contributed by atoms with E-state index in [1.165, 1.54) is 7.11 Å². The molecule has 1 rings (SSSR count). The molecule has 0 bridgehead atoms. The summed E-state index contributed by atoms with van der Waals surface area (Å²) in [5, 5.41) is 3.07. The van der Waals surface area contributed by atoms with Gasteiger partial charge in [0, 0.05) is 13.6 Å². The molecule has 0 radical (unpaired) electrons. The van der Waals surface area contributed by atoms with Gasteiger partial charge in [-0.1, -0.05) is 6.07 Å². The summed E-state index contributed by atoms with van der Waals surface area (Å²) < 4.78 is 18.8. The molecule has 0 spiro atoms. The van der Waals surface area contributed by atoms with E-state index < -0.39 is 0 Å². The number of benzene rings is 1. The second-order valence-electron chi connectivity index (χ2n) is 3.67. The number of rotatable bonds is 6. The van der Waals surface area contributed by atoms with Crippen LogP contribution < -0.4 is 15.0 Å². The first-order valence-corrected chi connectivity index (χ1v) is 5.39. The normalized spacial score (nSPS) is 10.2. The first-order chi connectivity index (χ1) is 7.70. The summed E-state index contributed by atoms with van der Waals surface area (Å²) in [5.74, 6) is -0.00470. The number of hydrogen-bond donors (Lipinski definition) is 1. The molecule has 0 saturated heterocycles. The van der Waals surface area contributed by atoms with Gasteiger partial charge in [0.15, 0.2) is 11.6 Å². The lowest BCUT2D eigenvalue weighted by Crippen LogP contribution is -2.23. The minimum absolute atomic E-state index is 0.290. The van der Waals surface area contributed by atoms with Crippen molar-refractivity contribution in [3.8, 4) is 5.75 Å². The highest BCUT2D eigenvalue weighted by molar-refractivity contribution is 5.51. The fourth-order valence-corrected chi connectivity index (χ4v) is 1.57. The van der Waals surface area contributed by atoms with E-state index in [0.717, 1.165) is 19.5 Å². The van der Waals surface area contributed by atoms with E-state index in [-0.39, 0.29) is 11.6 Å². The third-order valence-electron chi connectivity index (χ3n) is 2.49. The van der Waals surface area contributed by atoms with Gasteiger partial charge in [0.1, 0.15) is 0 Å². The Morgan fingerprint density at radius 1 is 1.44 bits per heavy atom. The maximum absolute atomic E-state index is 13.9. The Balaban J connectivity index is 2.71. The molecule has 1 aromatic rings. The van der Waals surface area contributed by atoms with Gasteiger partial charge < -0.3 is 15.0 Å². The van der Waals surface area contributed by atoms with Gasteiger partial charge in [-0.25, -0.2) is 4.39 Å². The largest absolute Gasteiger partial charge is 0.494 e. The molecule has 3 nitrogen and oxygen atoms in total. The van der Waals surface area contributed by atoms with E-state index in [1.54, 1.807) is 18.2 Å². The van der Waals surface area contributed by atoms with E-state index in [9.17, 15) is 4.39 Å². The Morgan fingerprint density at radius 2 is 2.19 bits per heavy atom. The number of anilines is 1. The Bertz CT molecular complexity index is 331. The van der Waals surface area contributed by atoms with Crippen LogP contribution in [0, 0.1) is 5.82 Å². The van der Waals surface area contributed by atoms with Crippen molar-refractivity contribution in [1.29, 1.82) is 0 Å². The molecule has 0 aliphatic heterocycles. The topological polar surface area (TPSA) is 24.5 Å². The zero-order chi connectivity index (χ0) is 12.0. The lowest BCUT2D eigenvalue weighted by Gasteiger charge is -2.20. The average molecular weight is 226 g/mol. The van der Waals surface area contributed by atoms with Crippen LogP contribution in [-0.2, 0) is 0 Å². The summed E-state index contributed by atoms with van der Waals surface area (Å²) in [6.07, 6.45) is 0.976. The zero-order valence-corrected chi connectivity index (χ0v) is 10.1. The number of halogens is 1. The minimum Gasteiger partial charge on any atom is -0.494 e. The van der Waals surface area contributed by atoms with Gasteiger partial charge in [0.2, 0.25) is 0 Å². The summed E-state index contributed by atoms with van der Waals surface area (Å²) in [6, 6.07) is 5.18. The Labute approximate surface area is 96.2 Å². The van der Waals surface area contributed by atoms with E-state index in [2.05, 4.69) is 5.32 Å². The van der Waals surface area contributed by atoms with Crippen molar-refractivity contribution in [2.45, 2.75) is 6.42 Å². The molecule has 0 heterocycles. The Kier molecular flexibility index (Phi) is 5.05. The van der Waals surface area contributed by atoms with Crippen LogP contribution in [0.2, 0.25) is 0 Å². The molecule has 0 amide bonds. The maximum Gasteiger partial charge on any atom is 0.188 e. The number of nitrogens with one attached hydrogen (secondary N) is 1. The van der Waals surface area contributed by atoms with Crippen molar-refractivity contribution in [2.24, 2.45) is 0 Å². The fourth-order valence-electron chi connectivity index (χ4n) is 1.57. The van der Waals surface area contributed by atoms with Crippen LogP contribution >= 0.6 is 0 Å². The molecule has 1 aromatic carbocycles. The summed E-state index contributed by atoms with van der Waals surface area (Å²) >= 11 is 0. The third kappa shape index (κ3) is 3.10. The lowest BCUT2D eigenvalue weighted by molar-refractivity contribution is 0.386. The van der Waals surface area contributed by atoms with Crippen LogP contribution in [0.1, 0.15) is 6.42 Å². The number of nitrogens with zero attached hydrogens (tertiary/aromatic N) is 1. The van der Waals surface area contributed by atoms with Gasteiger partial charge in [-0.3, -0.25) is 0 Å². The molecule has 0 fully saturated rings. The molecule has 0 saturated carbocycles. The molecule has 0 atom stereocenters. The quantitative estimate of drug-likeness (QED) is 0.750. The zero-order valence-electron chi connectivity index (χ0n) is 10.1. The van der Waals surface area contributed by atoms with Gasteiger partial charge in [0.25, 0.3) is 0 Å². The highest BCUT2D eigenvalue weighted by Crippen LogP contribution is 2.26. The van der Waals surface area contributed by atoms with Gasteiger partial charge in [0.05, 0.1) is 12.8 Å². The Morgan fingerprint density at radius 3 is 2.81 bits per heavy atom. The van der Waals surface area contributed by atoms with Gasteiger partial charge in [-0.15, -0.1) is 0 Å². The van der Waals surface area contributed by atoms with Crippen LogP contribution in [0.15, 0.2) is 18.2 Å². The molecule has 16 heavy (non-hydrogen) atoms. The monoisotopic (exact) mass is 226 g/mol. The van der Waals surface area contributed by atoms with E-state index in [1.807, 2.05) is 19.0 Å². The SMILES string of the molecule is CNCCCN(C)c1cccc(OC)c1F. The van der Waals surface area contributed by atoms with Crippen LogP contribution in [0.5, 0.6) is 5.75 Å². The van der Waals surface area contributed by atoms with E-state index >= 15 is 0 Å². The summed E-state index contributed by atoms with van der Waals surface area (Å²) in [7, 11) is 5.27. The van der Waals surface area contributed by atoms with Crippen LogP contribution in [0.3, 0.4) is 0 Å². The van der Waals surface area contributed by atoms with Crippen molar-refractivity contribution in [1.82, 2.24) is 5.32 Å². The highest BCUT2D eigenvalue weighted by atomic mass is 19.1. The van der Waals surface area contributed by atoms with Crippen molar-refractivity contribution >= 4 is 5.69 Å². The molecule has 1 N–H and O–H groups in total. The molecule has 4 heteroatoms. The lowest BCUT2D eigenvalue weighted by atomic mass is 10.2. The van der Waals surface area contributed by atoms with Crippen LogP contribution in [0.4, 0.5) is 10.1 Å². The van der Waals surface area contributed by atoms with Crippen LogP contribution in [-0.4, -0.2) is 34.3 Å². The average Bonchev–Trinajstić information content (AvgIpc) is 2.29. The predicted molar refractivity (Wildman–Crippen MR) is 64.8 cm³/mol. The number of hydrogen-bond acceptors (Lipinski definition) is 3. The highest BCUT2D eigenvalue weighted by Gasteiger charge is 2.11. The molecular formula is C12H19FN2O. The summed E-state index contributed by atoms with van der Waals surface area (Å²) in [5.41, 5.74) is 0.579. The van der Waals surface area contributed by atoms with Crippen LogP contribution in [0.25, 0.3) is 0 Å². The number of methoxy groups -OCH3 is 1. The number of ether oxygens (including phenoxy) is 1. The van der Waals surface area contributed by atoms with Crippen molar-refractivity contribution in [3.63, 3.8) is 0 Å².